The fraction of sp³-hybridized carbons (Fsp3) is 0.385. The summed E-state index contributed by atoms with van der Waals surface area (Å²) in [6.07, 6.45) is 1.83. The van der Waals surface area contributed by atoms with Crippen molar-refractivity contribution in [3.05, 3.63) is 34.8 Å². The lowest BCUT2D eigenvalue weighted by Crippen LogP contribution is -2.53. The summed E-state index contributed by atoms with van der Waals surface area (Å²) in [6, 6.07) is 5.56. The number of fused-ring (bicyclic) bond motifs is 1. The lowest BCUT2D eigenvalue weighted by Gasteiger charge is -2.39. The van der Waals surface area contributed by atoms with Gasteiger partial charge in [0, 0.05) is 12.7 Å². The van der Waals surface area contributed by atoms with Crippen molar-refractivity contribution in [1.82, 2.24) is 14.7 Å². The van der Waals surface area contributed by atoms with E-state index in [1.54, 1.807) is 4.40 Å². The van der Waals surface area contributed by atoms with Gasteiger partial charge < -0.3 is 15.2 Å². The molecule has 0 spiro atoms. The molecule has 0 unspecified atom stereocenters. The largest absolute Gasteiger partial charge is 0.396 e. The molecule has 0 aliphatic carbocycles. The van der Waals surface area contributed by atoms with Crippen LogP contribution in [0, 0.1) is 5.41 Å². The fourth-order valence-corrected chi connectivity index (χ4v) is 2.65. The Hall–Kier alpha value is -1.44. The van der Waals surface area contributed by atoms with Crippen LogP contribution < -0.4 is 5.32 Å². The summed E-state index contributed by atoms with van der Waals surface area (Å²) < 4.78 is 7.48. The maximum absolute atomic E-state index is 12.2. The number of hydrogen-bond donors (Lipinski definition) is 2. The molecule has 0 aromatic carbocycles. The van der Waals surface area contributed by atoms with Gasteiger partial charge in [0.2, 0.25) is 0 Å². The Bertz CT molecular complexity index is 646. The van der Waals surface area contributed by atoms with Gasteiger partial charge in [-0.05, 0) is 28.1 Å². The molecule has 2 aromatic rings. The molecule has 20 heavy (non-hydrogen) atoms. The van der Waals surface area contributed by atoms with E-state index in [4.69, 9.17) is 4.74 Å². The number of imidazole rings is 1. The zero-order chi connectivity index (χ0) is 14.2. The Morgan fingerprint density at radius 3 is 3.00 bits per heavy atom. The van der Waals surface area contributed by atoms with Crippen LogP contribution in [0.15, 0.2) is 29.1 Å². The number of aliphatic hydroxyl groups is 1. The van der Waals surface area contributed by atoms with Crippen LogP contribution in [-0.4, -0.2) is 46.8 Å². The minimum Gasteiger partial charge on any atom is -0.396 e. The van der Waals surface area contributed by atoms with E-state index >= 15 is 0 Å². The van der Waals surface area contributed by atoms with Gasteiger partial charge in [-0.15, -0.1) is 0 Å². The van der Waals surface area contributed by atoms with Crippen molar-refractivity contribution < 1.29 is 14.6 Å². The van der Waals surface area contributed by atoms with Crippen LogP contribution in [0.5, 0.6) is 0 Å². The number of aromatic nitrogens is 2. The van der Waals surface area contributed by atoms with Crippen LogP contribution in [0.3, 0.4) is 0 Å². The summed E-state index contributed by atoms with van der Waals surface area (Å²) in [4.78, 5) is 16.5. The summed E-state index contributed by atoms with van der Waals surface area (Å²) in [5.74, 6) is -0.251. The Balaban J connectivity index is 1.79. The number of aliphatic hydroxyl groups excluding tert-OH is 1. The molecule has 1 fully saturated rings. The summed E-state index contributed by atoms with van der Waals surface area (Å²) >= 11 is 3.33. The van der Waals surface area contributed by atoms with Gasteiger partial charge in [0.15, 0.2) is 10.4 Å². The second-order valence-electron chi connectivity index (χ2n) is 5.02. The molecule has 0 atom stereocenters. The third-order valence-corrected chi connectivity index (χ3v) is 4.06. The number of ether oxygens (including phenoxy) is 1. The predicted molar refractivity (Wildman–Crippen MR) is 75.6 cm³/mol. The van der Waals surface area contributed by atoms with E-state index in [1.807, 2.05) is 24.4 Å². The van der Waals surface area contributed by atoms with Crippen LogP contribution in [0.1, 0.15) is 10.5 Å². The van der Waals surface area contributed by atoms with Crippen LogP contribution in [0.4, 0.5) is 0 Å². The number of hydrogen-bond acceptors (Lipinski definition) is 4. The van der Waals surface area contributed by atoms with Crippen molar-refractivity contribution in [2.75, 3.05) is 26.4 Å². The van der Waals surface area contributed by atoms with Crippen molar-refractivity contribution in [2.45, 2.75) is 0 Å². The molecular weight excluding hydrogens is 326 g/mol. The van der Waals surface area contributed by atoms with E-state index in [0.717, 1.165) is 5.52 Å². The lowest BCUT2D eigenvalue weighted by molar-refractivity contribution is -0.133. The first-order valence-electron chi connectivity index (χ1n) is 6.25. The highest BCUT2D eigenvalue weighted by molar-refractivity contribution is 9.10. The summed E-state index contributed by atoms with van der Waals surface area (Å²) in [6.45, 7) is 1.32. The van der Waals surface area contributed by atoms with Gasteiger partial charge in [-0.1, -0.05) is 6.07 Å². The molecule has 2 aromatic heterocycles. The number of carbonyl (C=O) groups excluding carboxylic acids is 1. The first-order valence-corrected chi connectivity index (χ1v) is 7.04. The van der Waals surface area contributed by atoms with E-state index in [9.17, 15) is 9.90 Å². The van der Waals surface area contributed by atoms with Gasteiger partial charge in [-0.3, -0.25) is 9.20 Å². The standard InChI is InChI=1S/C13H14BrN3O3/c14-12-16-10(9-3-1-2-4-17(9)12)11(19)15-5-13(6-18)7-20-8-13/h1-4,18H,5-8H2,(H,15,19). The number of rotatable bonds is 4. The van der Waals surface area contributed by atoms with E-state index in [1.165, 1.54) is 0 Å². The van der Waals surface area contributed by atoms with Crippen LogP contribution in [-0.2, 0) is 4.74 Å². The molecule has 0 bridgehead atoms. The molecule has 0 saturated carbocycles. The first-order chi connectivity index (χ1) is 9.65. The fourth-order valence-electron chi connectivity index (χ4n) is 2.16. The smallest absolute Gasteiger partial charge is 0.272 e. The van der Waals surface area contributed by atoms with Gasteiger partial charge in [0.25, 0.3) is 5.91 Å². The van der Waals surface area contributed by atoms with Gasteiger partial charge in [0.05, 0.1) is 30.8 Å². The number of amides is 1. The van der Waals surface area contributed by atoms with Crippen molar-refractivity contribution >= 4 is 27.4 Å². The maximum Gasteiger partial charge on any atom is 0.272 e. The second-order valence-corrected chi connectivity index (χ2v) is 5.73. The molecule has 1 aliphatic rings. The highest BCUT2D eigenvalue weighted by Gasteiger charge is 2.38. The molecule has 106 valence electrons. The SMILES string of the molecule is O=C(NCC1(CO)COC1)c1nc(Br)n2ccccc12. The van der Waals surface area contributed by atoms with Crippen LogP contribution in [0.2, 0.25) is 0 Å². The second kappa shape index (κ2) is 5.16. The van der Waals surface area contributed by atoms with Gasteiger partial charge in [-0.2, -0.15) is 0 Å². The third kappa shape index (κ3) is 2.21. The summed E-state index contributed by atoms with van der Waals surface area (Å²) in [7, 11) is 0. The minimum absolute atomic E-state index is 0.000905. The predicted octanol–water partition coefficient (Wildman–Crippen LogP) is 0.835. The van der Waals surface area contributed by atoms with Crippen molar-refractivity contribution in [3.63, 3.8) is 0 Å². The molecule has 3 rings (SSSR count). The number of halogens is 1. The third-order valence-electron chi connectivity index (χ3n) is 3.50. The van der Waals surface area contributed by atoms with Gasteiger partial charge in [-0.25, -0.2) is 4.98 Å². The highest BCUT2D eigenvalue weighted by Crippen LogP contribution is 2.26. The highest BCUT2D eigenvalue weighted by atomic mass is 79.9. The Labute approximate surface area is 123 Å². The molecule has 0 radical (unpaired) electrons. The Morgan fingerprint density at radius 2 is 2.35 bits per heavy atom. The molecule has 3 heterocycles. The molecule has 7 heteroatoms. The molecule has 1 aliphatic heterocycles. The molecular formula is C13H14BrN3O3. The normalized spacial score (nSPS) is 16.9. The Morgan fingerprint density at radius 1 is 1.55 bits per heavy atom. The number of carbonyl (C=O) groups is 1. The molecule has 2 N–H and O–H groups in total. The summed E-state index contributed by atoms with van der Waals surface area (Å²) in [5.41, 5.74) is 0.758. The molecule has 1 amide bonds. The van der Waals surface area contributed by atoms with E-state index < -0.39 is 0 Å². The van der Waals surface area contributed by atoms with Gasteiger partial charge in [0.1, 0.15) is 0 Å². The summed E-state index contributed by atoms with van der Waals surface area (Å²) in [5, 5.41) is 12.2. The quantitative estimate of drug-likeness (QED) is 0.865. The zero-order valence-electron chi connectivity index (χ0n) is 10.7. The maximum atomic E-state index is 12.2. The average Bonchev–Trinajstić information content (AvgIpc) is 2.76. The first kappa shape index (κ1) is 13.5. The average molecular weight is 340 g/mol. The van der Waals surface area contributed by atoms with Gasteiger partial charge >= 0.3 is 0 Å². The van der Waals surface area contributed by atoms with Crippen molar-refractivity contribution in [1.29, 1.82) is 0 Å². The topological polar surface area (TPSA) is 75.9 Å². The zero-order valence-corrected chi connectivity index (χ0v) is 12.3. The minimum atomic E-state index is -0.345. The van der Waals surface area contributed by atoms with E-state index in [0.29, 0.717) is 30.2 Å². The molecule has 1 saturated heterocycles. The monoisotopic (exact) mass is 339 g/mol. The number of pyridine rings is 1. The lowest BCUT2D eigenvalue weighted by atomic mass is 9.87. The Kier molecular flexibility index (Phi) is 3.49. The number of nitrogens with zero attached hydrogens (tertiary/aromatic N) is 2. The van der Waals surface area contributed by atoms with E-state index in [2.05, 4.69) is 26.2 Å². The van der Waals surface area contributed by atoms with Crippen molar-refractivity contribution in [2.24, 2.45) is 5.41 Å². The van der Waals surface area contributed by atoms with Crippen LogP contribution in [0.25, 0.3) is 5.52 Å². The van der Waals surface area contributed by atoms with E-state index in [-0.39, 0.29) is 17.9 Å². The number of nitrogens with one attached hydrogen (secondary N) is 1. The molecule has 6 nitrogen and oxygen atoms in total. The van der Waals surface area contributed by atoms with Crippen molar-refractivity contribution in [3.8, 4) is 0 Å². The van der Waals surface area contributed by atoms with Crippen LogP contribution >= 0.6 is 15.9 Å².